The van der Waals surface area contributed by atoms with Crippen molar-refractivity contribution >= 4 is 5.91 Å². The molecule has 2 aliphatic rings. The number of hydrogen-bond acceptors (Lipinski definition) is 2. The molecule has 1 N–H and O–H groups in total. The van der Waals surface area contributed by atoms with E-state index in [0.717, 1.165) is 25.7 Å². The largest absolute Gasteiger partial charge is 0.388 e. The highest BCUT2D eigenvalue weighted by Crippen LogP contribution is 2.68. The van der Waals surface area contributed by atoms with Gasteiger partial charge in [0.15, 0.2) is 0 Å². The van der Waals surface area contributed by atoms with Gasteiger partial charge >= 0.3 is 0 Å². The molecule has 0 saturated heterocycles. The Kier molecular flexibility index (Phi) is 3.05. The zero-order chi connectivity index (χ0) is 13.8. The average molecular weight is 253 g/mol. The lowest BCUT2D eigenvalue weighted by atomic mass is 10.0. The second-order valence-electron chi connectivity index (χ2n) is 7.50. The lowest BCUT2D eigenvalue weighted by molar-refractivity contribution is -0.135. The fourth-order valence-corrected chi connectivity index (χ4v) is 3.74. The summed E-state index contributed by atoms with van der Waals surface area (Å²) in [5.41, 5.74) is -0.471. The van der Waals surface area contributed by atoms with Gasteiger partial charge in [0.05, 0.1) is 5.60 Å². The summed E-state index contributed by atoms with van der Waals surface area (Å²) in [6.07, 6.45) is 3.84. The quantitative estimate of drug-likeness (QED) is 0.839. The van der Waals surface area contributed by atoms with Crippen molar-refractivity contribution < 1.29 is 9.90 Å². The van der Waals surface area contributed by atoms with Gasteiger partial charge in [0.25, 0.3) is 0 Å². The second-order valence-corrected chi connectivity index (χ2v) is 7.50. The highest BCUT2D eigenvalue weighted by atomic mass is 16.3. The first-order chi connectivity index (χ1) is 8.12. The molecular formula is C15H27NO2. The van der Waals surface area contributed by atoms with E-state index in [4.69, 9.17) is 0 Å². The molecule has 3 heteroatoms. The van der Waals surface area contributed by atoms with Crippen molar-refractivity contribution in [1.29, 1.82) is 0 Å². The van der Waals surface area contributed by atoms with E-state index < -0.39 is 5.60 Å². The van der Waals surface area contributed by atoms with Crippen molar-refractivity contribution in [3.05, 3.63) is 0 Å². The van der Waals surface area contributed by atoms with Crippen LogP contribution in [0.3, 0.4) is 0 Å². The first-order valence-corrected chi connectivity index (χ1v) is 7.09. The predicted molar refractivity (Wildman–Crippen MR) is 72.1 cm³/mol. The van der Waals surface area contributed by atoms with Crippen molar-refractivity contribution in [2.45, 2.75) is 59.0 Å². The van der Waals surface area contributed by atoms with Gasteiger partial charge in [-0.3, -0.25) is 4.79 Å². The zero-order valence-corrected chi connectivity index (χ0v) is 12.4. The summed E-state index contributed by atoms with van der Waals surface area (Å²) >= 11 is 0. The maximum atomic E-state index is 12.5. The molecule has 18 heavy (non-hydrogen) atoms. The van der Waals surface area contributed by atoms with E-state index in [0.29, 0.717) is 6.54 Å². The molecule has 0 aromatic carbocycles. The molecule has 104 valence electrons. The Morgan fingerprint density at radius 2 is 1.61 bits per heavy atom. The monoisotopic (exact) mass is 253 g/mol. The van der Waals surface area contributed by atoms with Crippen LogP contribution in [0.25, 0.3) is 0 Å². The zero-order valence-electron chi connectivity index (χ0n) is 12.4. The minimum atomic E-state index is -0.631. The molecule has 0 bridgehead atoms. The Morgan fingerprint density at radius 3 is 2.00 bits per heavy atom. The molecule has 2 rings (SSSR count). The van der Waals surface area contributed by atoms with E-state index in [-0.39, 0.29) is 22.7 Å². The minimum absolute atomic E-state index is 0.0800. The average Bonchev–Trinajstić information content (AvgIpc) is 2.57. The van der Waals surface area contributed by atoms with Crippen LogP contribution in [0.15, 0.2) is 0 Å². The summed E-state index contributed by atoms with van der Waals surface area (Å²) in [5, 5.41) is 10.4. The molecule has 1 amide bonds. The predicted octanol–water partition coefficient (Wildman–Crippen LogP) is 2.43. The number of rotatable bonds is 3. The molecule has 3 nitrogen and oxygen atoms in total. The molecule has 2 fully saturated rings. The van der Waals surface area contributed by atoms with Crippen LogP contribution in [0.4, 0.5) is 0 Å². The third-order valence-corrected chi connectivity index (χ3v) is 5.71. The third-order valence-electron chi connectivity index (χ3n) is 5.71. The normalized spacial score (nSPS) is 28.1. The standard InChI is InChI=1S/C15H27NO2/c1-13(2)11(14(13,3)4)12(17)16(5)10-15(18)8-6-7-9-15/h11,18H,6-10H2,1-5H3. The van der Waals surface area contributed by atoms with Gasteiger partial charge < -0.3 is 10.0 Å². The van der Waals surface area contributed by atoms with Crippen molar-refractivity contribution in [2.75, 3.05) is 13.6 Å². The third kappa shape index (κ3) is 1.97. The van der Waals surface area contributed by atoms with Crippen LogP contribution in [0.1, 0.15) is 53.4 Å². The smallest absolute Gasteiger partial charge is 0.226 e. The van der Waals surface area contributed by atoms with Crippen LogP contribution in [0, 0.1) is 16.7 Å². The highest BCUT2D eigenvalue weighted by Gasteiger charge is 2.68. The Hall–Kier alpha value is -0.570. The van der Waals surface area contributed by atoms with Crippen LogP contribution in [-0.4, -0.2) is 35.1 Å². The molecular weight excluding hydrogens is 226 g/mol. The number of carbonyl (C=O) groups is 1. The van der Waals surface area contributed by atoms with Gasteiger partial charge in [-0.2, -0.15) is 0 Å². The molecule has 2 aliphatic carbocycles. The van der Waals surface area contributed by atoms with Gasteiger partial charge in [0.2, 0.25) is 5.91 Å². The fraction of sp³-hybridized carbons (Fsp3) is 0.933. The van der Waals surface area contributed by atoms with Gasteiger partial charge in [-0.25, -0.2) is 0 Å². The van der Waals surface area contributed by atoms with E-state index in [1.165, 1.54) is 0 Å². The van der Waals surface area contributed by atoms with E-state index in [2.05, 4.69) is 27.7 Å². The summed E-state index contributed by atoms with van der Waals surface area (Å²) in [6.45, 7) is 9.14. The molecule has 0 spiro atoms. The minimum Gasteiger partial charge on any atom is -0.388 e. The van der Waals surface area contributed by atoms with Crippen molar-refractivity contribution in [3.8, 4) is 0 Å². The van der Waals surface area contributed by atoms with E-state index in [9.17, 15) is 9.90 Å². The number of carbonyl (C=O) groups excluding carboxylic acids is 1. The molecule has 0 aliphatic heterocycles. The lowest BCUT2D eigenvalue weighted by Crippen LogP contribution is -2.43. The number of hydrogen-bond donors (Lipinski definition) is 1. The lowest BCUT2D eigenvalue weighted by Gasteiger charge is -2.29. The van der Waals surface area contributed by atoms with Crippen LogP contribution >= 0.6 is 0 Å². The van der Waals surface area contributed by atoms with Gasteiger partial charge in [0.1, 0.15) is 0 Å². The van der Waals surface area contributed by atoms with Crippen molar-refractivity contribution in [3.63, 3.8) is 0 Å². The SMILES string of the molecule is CN(CC1(O)CCCC1)C(=O)C1C(C)(C)C1(C)C. The summed E-state index contributed by atoms with van der Waals surface area (Å²) in [5.74, 6) is 0.297. The van der Waals surface area contributed by atoms with Crippen LogP contribution in [0.5, 0.6) is 0 Å². The molecule has 0 radical (unpaired) electrons. The Bertz CT molecular complexity index is 340. The molecule has 0 unspecified atom stereocenters. The summed E-state index contributed by atoms with van der Waals surface area (Å²) in [4.78, 5) is 14.2. The van der Waals surface area contributed by atoms with Gasteiger partial charge in [0, 0.05) is 19.5 Å². The number of nitrogens with zero attached hydrogens (tertiary/aromatic N) is 1. The summed E-state index contributed by atoms with van der Waals surface area (Å²) in [6, 6.07) is 0. The van der Waals surface area contributed by atoms with E-state index in [1.54, 1.807) is 4.90 Å². The van der Waals surface area contributed by atoms with Gasteiger partial charge in [-0.05, 0) is 23.7 Å². The Morgan fingerprint density at radius 1 is 1.17 bits per heavy atom. The van der Waals surface area contributed by atoms with Gasteiger partial charge in [-0.15, -0.1) is 0 Å². The van der Waals surface area contributed by atoms with E-state index in [1.807, 2.05) is 7.05 Å². The summed E-state index contributed by atoms with van der Waals surface area (Å²) < 4.78 is 0. The molecule has 0 atom stereocenters. The topological polar surface area (TPSA) is 40.5 Å². The maximum absolute atomic E-state index is 12.5. The first-order valence-electron chi connectivity index (χ1n) is 7.09. The van der Waals surface area contributed by atoms with Gasteiger partial charge in [-0.1, -0.05) is 40.5 Å². The summed E-state index contributed by atoms with van der Waals surface area (Å²) in [7, 11) is 1.84. The second kappa shape index (κ2) is 3.96. The van der Waals surface area contributed by atoms with Crippen LogP contribution < -0.4 is 0 Å². The highest BCUT2D eigenvalue weighted by molar-refractivity contribution is 5.84. The first kappa shape index (κ1) is 13.9. The Balaban J connectivity index is 1.99. The Labute approximate surface area is 111 Å². The number of amides is 1. The van der Waals surface area contributed by atoms with Crippen molar-refractivity contribution in [2.24, 2.45) is 16.7 Å². The number of likely N-dealkylation sites (N-methyl/N-ethyl adjacent to an activating group) is 1. The maximum Gasteiger partial charge on any atom is 0.226 e. The van der Waals surface area contributed by atoms with Crippen LogP contribution in [-0.2, 0) is 4.79 Å². The molecule has 0 heterocycles. The van der Waals surface area contributed by atoms with Crippen molar-refractivity contribution in [1.82, 2.24) is 4.90 Å². The van der Waals surface area contributed by atoms with E-state index >= 15 is 0 Å². The van der Waals surface area contributed by atoms with Crippen LogP contribution in [0.2, 0.25) is 0 Å². The fourth-order valence-electron chi connectivity index (χ4n) is 3.74. The number of aliphatic hydroxyl groups is 1. The molecule has 2 saturated carbocycles. The molecule has 0 aromatic rings. The molecule has 0 aromatic heterocycles.